The van der Waals surface area contributed by atoms with Gasteiger partial charge in [0.15, 0.2) is 5.72 Å². The SMILES string of the molecule is Cc1ccc(NC(=O)[C@@H]2C(=O)N[C@]3(C)C[C@H]2c2ccccc2O3)cc1. The summed E-state index contributed by atoms with van der Waals surface area (Å²) in [5, 5.41) is 5.74. The summed E-state index contributed by atoms with van der Waals surface area (Å²) in [5.74, 6) is -0.828. The highest BCUT2D eigenvalue weighted by molar-refractivity contribution is 6.08. The summed E-state index contributed by atoms with van der Waals surface area (Å²) in [6.45, 7) is 3.84. The minimum Gasteiger partial charge on any atom is -0.468 e. The normalized spacial score (nSPS) is 26.9. The lowest BCUT2D eigenvalue weighted by Gasteiger charge is -2.46. The molecule has 128 valence electrons. The van der Waals surface area contributed by atoms with Gasteiger partial charge in [-0.05, 0) is 37.6 Å². The number of hydrogen-bond acceptors (Lipinski definition) is 3. The first-order valence-electron chi connectivity index (χ1n) is 8.43. The number of carbonyl (C=O) groups is 2. The summed E-state index contributed by atoms with van der Waals surface area (Å²) in [6.07, 6.45) is 0.571. The zero-order valence-corrected chi connectivity index (χ0v) is 14.2. The molecule has 0 aromatic heterocycles. The molecule has 0 aliphatic carbocycles. The van der Waals surface area contributed by atoms with Crippen molar-refractivity contribution in [2.45, 2.75) is 31.9 Å². The molecule has 25 heavy (non-hydrogen) atoms. The summed E-state index contributed by atoms with van der Waals surface area (Å²) in [6, 6.07) is 15.2. The summed E-state index contributed by atoms with van der Waals surface area (Å²) in [5.41, 5.74) is 1.95. The van der Waals surface area contributed by atoms with Gasteiger partial charge in [-0.1, -0.05) is 35.9 Å². The van der Waals surface area contributed by atoms with E-state index in [2.05, 4.69) is 10.6 Å². The standard InChI is InChI=1S/C20H20N2O3/c1-12-7-9-13(10-8-12)21-18(23)17-15-11-20(2,22-19(17)24)25-16-6-4-3-5-14(15)16/h3-10,15,17H,11H2,1-2H3,(H,21,23)(H,22,24)/t15-,17+,20-/m0/s1. The summed E-state index contributed by atoms with van der Waals surface area (Å²) >= 11 is 0. The lowest BCUT2D eigenvalue weighted by molar-refractivity contribution is -0.145. The molecule has 2 aliphatic rings. The quantitative estimate of drug-likeness (QED) is 0.829. The molecule has 5 nitrogen and oxygen atoms in total. The number of benzene rings is 2. The Morgan fingerprint density at radius 2 is 1.92 bits per heavy atom. The van der Waals surface area contributed by atoms with Gasteiger partial charge in [-0.25, -0.2) is 0 Å². The average Bonchev–Trinajstić information content (AvgIpc) is 2.56. The van der Waals surface area contributed by atoms with E-state index >= 15 is 0 Å². The fraction of sp³-hybridized carbons (Fsp3) is 0.300. The Balaban J connectivity index is 1.66. The molecule has 2 aromatic rings. The van der Waals surface area contributed by atoms with Crippen molar-refractivity contribution in [3.63, 3.8) is 0 Å². The van der Waals surface area contributed by atoms with Gasteiger partial charge in [0.2, 0.25) is 11.8 Å². The molecule has 2 amide bonds. The molecule has 3 atom stereocenters. The summed E-state index contributed by atoms with van der Waals surface area (Å²) in [7, 11) is 0. The number of para-hydroxylation sites is 1. The Hall–Kier alpha value is -2.82. The largest absolute Gasteiger partial charge is 0.468 e. The van der Waals surface area contributed by atoms with E-state index < -0.39 is 11.6 Å². The van der Waals surface area contributed by atoms with Crippen LogP contribution in [0.2, 0.25) is 0 Å². The second-order valence-electron chi connectivity index (χ2n) is 7.00. The maximum atomic E-state index is 12.9. The molecule has 2 N–H and O–H groups in total. The van der Waals surface area contributed by atoms with Crippen LogP contribution in [-0.2, 0) is 9.59 Å². The molecule has 1 saturated heterocycles. The van der Waals surface area contributed by atoms with E-state index in [4.69, 9.17) is 4.74 Å². The number of carbonyl (C=O) groups excluding carboxylic acids is 2. The van der Waals surface area contributed by atoms with E-state index in [1.807, 2.05) is 62.4 Å². The third-order valence-electron chi connectivity index (χ3n) is 4.94. The van der Waals surface area contributed by atoms with Crippen molar-refractivity contribution in [1.29, 1.82) is 0 Å². The van der Waals surface area contributed by atoms with Gasteiger partial charge in [0.1, 0.15) is 11.7 Å². The van der Waals surface area contributed by atoms with Crippen LogP contribution < -0.4 is 15.4 Å². The molecular formula is C20H20N2O3. The third kappa shape index (κ3) is 2.76. The van der Waals surface area contributed by atoms with E-state index in [0.29, 0.717) is 12.1 Å². The summed E-state index contributed by atoms with van der Waals surface area (Å²) in [4.78, 5) is 25.5. The molecule has 2 bridgehead atoms. The first-order valence-corrected chi connectivity index (χ1v) is 8.43. The van der Waals surface area contributed by atoms with Crippen LogP contribution in [0.15, 0.2) is 48.5 Å². The van der Waals surface area contributed by atoms with Gasteiger partial charge < -0.3 is 15.4 Å². The Bertz CT molecular complexity index is 846. The molecule has 0 spiro atoms. The van der Waals surface area contributed by atoms with Crippen LogP contribution in [0.3, 0.4) is 0 Å². The number of fused-ring (bicyclic) bond motifs is 4. The topological polar surface area (TPSA) is 67.4 Å². The smallest absolute Gasteiger partial charge is 0.237 e. The van der Waals surface area contributed by atoms with Crippen LogP contribution in [-0.4, -0.2) is 17.5 Å². The van der Waals surface area contributed by atoms with Gasteiger partial charge in [0.25, 0.3) is 0 Å². The number of amides is 2. The van der Waals surface area contributed by atoms with Crippen LogP contribution in [0.4, 0.5) is 5.69 Å². The maximum absolute atomic E-state index is 12.9. The van der Waals surface area contributed by atoms with Gasteiger partial charge in [-0.3, -0.25) is 9.59 Å². The number of aryl methyl sites for hydroxylation is 1. The predicted octanol–water partition coefficient (Wildman–Crippen LogP) is 2.96. The van der Waals surface area contributed by atoms with Gasteiger partial charge in [0.05, 0.1) is 0 Å². The van der Waals surface area contributed by atoms with Gasteiger partial charge >= 0.3 is 0 Å². The Labute approximate surface area is 146 Å². The molecule has 2 aliphatic heterocycles. The number of piperidine rings is 1. The van der Waals surface area contributed by atoms with Crippen molar-refractivity contribution in [2.24, 2.45) is 5.92 Å². The van der Waals surface area contributed by atoms with Crippen LogP contribution in [0.25, 0.3) is 0 Å². The third-order valence-corrected chi connectivity index (χ3v) is 4.94. The van der Waals surface area contributed by atoms with Crippen LogP contribution in [0, 0.1) is 12.8 Å². The molecule has 2 heterocycles. The molecule has 4 rings (SSSR count). The number of ether oxygens (including phenoxy) is 1. The Morgan fingerprint density at radius 3 is 2.68 bits per heavy atom. The van der Waals surface area contributed by atoms with E-state index in [0.717, 1.165) is 16.9 Å². The first kappa shape index (κ1) is 15.7. The van der Waals surface area contributed by atoms with E-state index in [1.54, 1.807) is 0 Å². The molecule has 0 unspecified atom stereocenters. The van der Waals surface area contributed by atoms with Crippen molar-refractivity contribution in [3.8, 4) is 5.75 Å². The second kappa shape index (κ2) is 5.62. The fourth-order valence-corrected chi connectivity index (χ4v) is 3.75. The number of nitrogens with one attached hydrogen (secondary N) is 2. The molecule has 2 aromatic carbocycles. The molecular weight excluding hydrogens is 316 g/mol. The minimum atomic E-state index is -0.778. The van der Waals surface area contributed by atoms with Gasteiger partial charge in [0, 0.05) is 18.0 Å². The van der Waals surface area contributed by atoms with Crippen LogP contribution in [0.5, 0.6) is 5.75 Å². The monoisotopic (exact) mass is 336 g/mol. The predicted molar refractivity (Wildman–Crippen MR) is 94.3 cm³/mol. The minimum absolute atomic E-state index is 0.200. The van der Waals surface area contributed by atoms with Crippen molar-refractivity contribution >= 4 is 17.5 Å². The van der Waals surface area contributed by atoms with Crippen molar-refractivity contribution in [2.75, 3.05) is 5.32 Å². The van der Waals surface area contributed by atoms with Crippen molar-refractivity contribution in [1.82, 2.24) is 5.32 Å². The zero-order valence-electron chi connectivity index (χ0n) is 14.2. The fourth-order valence-electron chi connectivity index (χ4n) is 3.75. The lowest BCUT2D eigenvalue weighted by Crippen LogP contribution is -2.62. The van der Waals surface area contributed by atoms with Gasteiger partial charge in [-0.2, -0.15) is 0 Å². The molecule has 5 heteroatoms. The second-order valence-corrected chi connectivity index (χ2v) is 7.00. The maximum Gasteiger partial charge on any atom is 0.237 e. The number of rotatable bonds is 2. The highest BCUT2D eigenvalue weighted by atomic mass is 16.5. The Kier molecular flexibility index (Phi) is 3.53. The van der Waals surface area contributed by atoms with Crippen LogP contribution in [0.1, 0.15) is 30.4 Å². The number of hydrogen-bond donors (Lipinski definition) is 2. The summed E-state index contributed by atoms with van der Waals surface area (Å²) < 4.78 is 5.96. The molecule has 0 radical (unpaired) electrons. The zero-order chi connectivity index (χ0) is 17.6. The van der Waals surface area contributed by atoms with Crippen molar-refractivity contribution in [3.05, 3.63) is 59.7 Å². The highest BCUT2D eigenvalue weighted by Crippen LogP contribution is 2.46. The van der Waals surface area contributed by atoms with E-state index in [-0.39, 0.29) is 17.7 Å². The average molecular weight is 336 g/mol. The highest BCUT2D eigenvalue weighted by Gasteiger charge is 2.51. The van der Waals surface area contributed by atoms with Gasteiger partial charge in [-0.15, -0.1) is 0 Å². The van der Waals surface area contributed by atoms with E-state index in [1.165, 1.54) is 0 Å². The molecule has 1 fully saturated rings. The van der Waals surface area contributed by atoms with Crippen molar-refractivity contribution < 1.29 is 14.3 Å². The van der Waals surface area contributed by atoms with Crippen LogP contribution >= 0.6 is 0 Å². The van der Waals surface area contributed by atoms with E-state index in [9.17, 15) is 9.59 Å². The Morgan fingerprint density at radius 1 is 1.20 bits per heavy atom. The molecule has 0 saturated carbocycles. The lowest BCUT2D eigenvalue weighted by atomic mass is 9.74. The number of anilines is 1. The first-order chi connectivity index (χ1) is 12.0.